The predicted molar refractivity (Wildman–Crippen MR) is 243 cm³/mol. The van der Waals surface area contributed by atoms with Gasteiger partial charge < -0.3 is 15.4 Å². The average molecular weight is 909 g/mol. The molecule has 1 amide bonds. The topological polar surface area (TPSA) is 171 Å². The lowest BCUT2D eigenvalue weighted by molar-refractivity contribution is -0.116. The summed E-state index contributed by atoms with van der Waals surface area (Å²) in [6, 6.07) is 24.6. The Labute approximate surface area is 366 Å². The molecule has 0 fully saturated rings. The standard InChI is InChI=1S/C21H17N5OS4.C20H16FN5O3S/c1-3-18-25-26-19(27)10-14(23-20(26)31-18)11-29-21-24-15-7-6-13(9-17(15)30-21)22-12(2)16-5-4-8-28-16;1-29-13-8-6-12(7-9-13)18-19(28)26-20(24-23-18)30-17(25-26)11-10-16(27)22-15-5-3-2-4-14(15)21/h4-10,22H,2-3,11H2,1H3;2-9H,10-11H2,1H3,(H,22,27). The molecule has 0 spiro atoms. The Balaban J connectivity index is 0.000000169. The zero-order valence-corrected chi connectivity index (χ0v) is 36.4. The van der Waals surface area contributed by atoms with Gasteiger partial charge in [0.05, 0.1) is 28.7 Å². The first kappa shape index (κ1) is 41.5. The molecule has 0 saturated carbocycles. The molecule has 9 rings (SSSR count). The highest BCUT2D eigenvalue weighted by atomic mass is 32.2. The monoisotopic (exact) mass is 908 g/mol. The number of anilines is 2. The van der Waals surface area contributed by atoms with Gasteiger partial charge in [0, 0.05) is 46.5 Å². The molecule has 0 radical (unpaired) electrons. The first-order valence-corrected chi connectivity index (χ1v) is 22.8. The second-order valence-corrected chi connectivity index (χ2v) is 18.2. The van der Waals surface area contributed by atoms with Gasteiger partial charge in [-0.05, 0) is 72.5 Å². The molecule has 0 aliphatic rings. The minimum absolute atomic E-state index is 0.0850. The van der Waals surface area contributed by atoms with Crippen LogP contribution >= 0.6 is 57.1 Å². The maximum absolute atomic E-state index is 13.6. The molecule has 308 valence electrons. The van der Waals surface area contributed by atoms with Gasteiger partial charge in [0.25, 0.3) is 5.56 Å². The number of nitrogens with zero attached hydrogens (tertiary/aromatic N) is 8. The summed E-state index contributed by atoms with van der Waals surface area (Å²) in [5, 5.41) is 26.1. The molecular formula is C41H33FN10O4S5. The molecular weight excluding hydrogens is 876 g/mol. The molecule has 20 heteroatoms. The summed E-state index contributed by atoms with van der Waals surface area (Å²) in [4.78, 5) is 48.6. The SMILES string of the molecule is C=C(Nc1ccc2nc(SCc3cc(=O)n4nc(CC)sc4n3)sc2c1)c1cccs1.COc1ccc(-c2nnc3sc(CCC(=O)Nc4ccccc4F)nn3c2=O)cc1. The summed E-state index contributed by atoms with van der Waals surface area (Å²) < 4.78 is 23.4. The Bertz CT molecular complexity index is 3140. The normalized spacial score (nSPS) is 11.1. The third-order valence-corrected chi connectivity index (χ3v) is 13.9. The van der Waals surface area contributed by atoms with Gasteiger partial charge in [-0.3, -0.25) is 14.4 Å². The highest BCUT2D eigenvalue weighted by Gasteiger charge is 2.16. The van der Waals surface area contributed by atoms with Crippen LogP contribution in [0.4, 0.5) is 15.8 Å². The molecule has 14 nitrogen and oxygen atoms in total. The number of thioether (sulfide) groups is 1. The van der Waals surface area contributed by atoms with E-state index in [4.69, 9.17) is 9.72 Å². The molecule has 6 aromatic heterocycles. The van der Waals surface area contributed by atoms with E-state index < -0.39 is 11.4 Å². The number of fused-ring (bicyclic) bond motifs is 3. The van der Waals surface area contributed by atoms with Crippen LogP contribution in [0.3, 0.4) is 0 Å². The number of benzene rings is 3. The minimum Gasteiger partial charge on any atom is -0.497 e. The molecule has 3 aromatic carbocycles. The lowest BCUT2D eigenvalue weighted by atomic mass is 10.1. The van der Waals surface area contributed by atoms with E-state index in [1.54, 1.807) is 84.0 Å². The molecule has 9 aromatic rings. The van der Waals surface area contributed by atoms with Crippen LogP contribution in [0.25, 0.3) is 37.1 Å². The number of thiazole rings is 1. The Morgan fingerprint density at radius 3 is 2.46 bits per heavy atom. The summed E-state index contributed by atoms with van der Waals surface area (Å²) >= 11 is 7.52. The van der Waals surface area contributed by atoms with E-state index in [0.29, 0.717) is 32.0 Å². The van der Waals surface area contributed by atoms with Gasteiger partial charge in [0.15, 0.2) is 10.0 Å². The van der Waals surface area contributed by atoms with Gasteiger partial charge in [-0.15, -0.1) is 32.9 Å². The molecule has 0 atom stereocenters. The summed E-state index contributed by atoms with van der Waals surface area (Å²) in [6.07, 6.45) is 1.16. The highest BCUT2D eigenvalue weighted by molar-refractivity contribution is 8.00. The van der Waals surface area contributed by atoms with Gasteiger partial charge in [-0.25, -0.2) is 14.4 Å². The third kappa shape index (κ3) is 9.73. The van der Waals surface area contributed by atoms with Crippen molar-refractivity contribution in [3.63, 3.8) is 0 Å². The van der Waals surface area contributed by atoms with Crippen molar-refractivity contribution in [1.82, 2.24) is 39.4 Å². The maximum atomic E-state index is 13.6. The van der Waals surface area contributed by atoms with E-state index in [-0.39, 0.29) is 35.7 Å². The lowest BCUT2D eigenvalue weighted by Gasteiger charge is -2.07. The number of rotatable bonds is 13. The van der Waals surface area contributed by atoms with E-state index in [0.717, 1.165) is 47.9 Å². The number of hydrogen-bond acceptors (Lipinski definition) is 16. The molecule has 0 aliphatic heterocycles. The molecule has 6 heterocycles. The van der Waals surface area contributed by atoms with Crippen LogP contribution in [0, 0.1) is 5.82 Å². The number of nitrogens with one attached hydrogen (secondary N) is 2. The summed E-state index contributed by atoms with van der Waals surface area (Å²) in [5.74, 6) is 0.401. The number of halogens is 1. The minimum atomic E-state index is -0.501. The largest absolute Gasteiger partial charge is 0.497 e. The van der Waals surface area contributed by atoms with Crippen LogP contribution in [0.2, 0.25) is 0 Å². The second-order valence-electron chi connectivity index (χ2n) is 13.0. The van der Waals surface area contributed by atoms with E-state index in [1.165, 1.54) is 43.8 Å². The van der Waals surface area contributed by atoms with E-state index in [1.807, 2.05) is 36.6 Å². The van der Waals surface area contributed by atoms with Crippen molar-refractivity contribution in [3.05, 3.63) is 144 Å². The quantitative estimate of drug-likeness (QED) is 0.106. The first-order chi connectivity index (χ1) is 29.6. The number of methoxy groups -OCH3 is 1. The van der Waals surface area contributed by atoms with Crippen LogP contribution in [-0.2, 0) is 23.4 Å². The van der Waals surface area contributed by atoms with Gasteiger partial charge in [-0.1, -0.05) is 66.1 Å². The van der Waals surface area contributed by atoms with Gasteiger partial charge in [0.2, 0.25) is 15.8 Å². The zero-order chi connectivity index (χ0) is 42.5. The summed E-state index contributed by atoms with van der Waals surface area (Å²) in [6.45, 7) is 6.14. The lowest BCUT2D eigenvalue weighted by Crippen LogP contribution is -2.19. The fourth-order valence-electron chi connectivity index (χ4n) is 5.76. The third-order valence-electron chi connectivity index (χ3n) is 8.78. The van der Waals surface area contributed by atoms with Crippen molar-refractivity contribution in [3.8, 4) is 17.0 Å². The maximum Gasteiger partial charge on any atom is 0.302 e. The number of carbonyl (C=O) groups excluding carboxylic acids is 1. The van der Waals surface area contributed by atoms with Crippen LogP contribution in [0.5, 0.6) is 5.75 Å². The van der Waals surface area contributed by atoms with Crippen molar-refractivity contribution in [2.24, 2.45) is 0 Å². The van der Waals surface area contributed by atoms with Gasteiger partial charge in [-0.2, -0.15) is 19.2 Å². The van der Waals surface area contributed by atoms with Crippen molar-refractivity contribution in [2.75, 3.05) is 17.7 Å². The Hall–Kier alpha value is -6.19. The number of aromatic nitrogens is 8. The molecule has 2 N–H and O–H groups in total. The van der Waals surface area contributed by atoms with Crippen molar-refractivity contribution < 1.29 is 13.9 Å². The summed E-state index contributed by atoms with van der Waals surface area (Å²) in [5.41, 5.74) is 3.93. The van der Waals surface area contributed by atoms with Crippen LogP contribution in [-0.4, -0.2) is 52.4 Å². The second kappa shape index (κ2) is 18.6. The molecule has 0 saturated heterocycles. The number of thiophene rings is 1. The van der Waals surface area contributed by atoms with Crippen LogP contribution in [0.1, 0.15) is 33.9 Å². The van der Waals surface area contributed by atoms with Crippen molar-refractivity contribution in [2.45, 2.75) is 36.3 Å². The Morgan fingerprint density at radius 2 is 1.69 bits per heavy atom. The number of amides is 1. The molecule has 0 aliphatic carbocycles. The van der Waals surface area contributed by atoms with E-state index >= 15 is 0 Å². The van der Waals surface area contributed by atoms with E-state index in [2.05, 4.69) is 48.7 Å². The number of ether oxygens (including phenoxy) is 1. The molecule has 0 bridgehead atoms. The molecule has 0 unspecified atom stereocenters. The van der Waals surface area contributed by atoms with Crippen molar-refractivity contribution in [1.29, 1.82) is 0 Å². The van der Waals surface area contributed by atoms with Gasteiger partial charge in [0.1, 0.15) is 21.6 Å². The van der Waals surface area contributed by atoms with Gasteiger partial charge >= 0.3 is 5.56 Å². The number of para-hydroxylation sites is 1. The van der Waals surface area contributed by atoms with Crippen LogP contribution < -0.4 is 26.5 Å². The Kier molecular flexibility index (Phi) is 12.7. The van der Waals surface area contributed by atoms with Crippen LogP contribution in [0.15, 0.2) is 111 Å². The first-order valence-electron chi connectivity index (χ1n) is 18.5. The highest BCUT2D eigenvalue weighted by Crippen LogP contribution is 2.34. The number of carbonyl (C=O) groups is 1. The molecule has 61 heavy (non-hydrogen) atoms. The number of hydrogen-bond donors (Lipinski definition) is 2. The fourth-order valence-corrected chi connectivity index (χ4v) is 10.1. The number of aryl methyl sites for hydroxylation is 2. The fraction of sp³-hybridized carbons (Fsp3) is 0.146. The van der Waals surface area contributed by atoms with Crippen molar-refractivity contribution >= 4 is 100 Å². The zero-order valence-electron chi connectivity index (χ0n) is 32.3. The average Bonchev–Trinajstić information content (AvgIpc) is 4.10. The summed E-state index contributed by atoms with van der Waals surface area (Å²) in [7, 11) is 1.56. The predicted octanol–water partition coefficient (Wildman–Crippen LogP) is 8.69. The smallest absolute Gasteiger partial charge is 0.302 e. The Morgan fingerprint density at radius 1 is 0.885 bits per heavy atom. The van der Waals surface area contributed by atoms with E-state index in [9.17, 15) is 18.8 Å².